The van der Waals surface area contributed by atoms with Crippen LogP contribution in [0.15, 0.2) is 48.8 Å². The van der Waals surface area contributed by atoms with E-state index in [4.69, 9.17) is 11.6 Å². The first-order valence-electron chi connectivity index (χ1n) is 5.94. The lowest BCUT2D eigenvalue weighted by molar-refractivity contribution is -0.384. The summed E-state index contributed by atoms with van der Waals surface area (Å²) < 4.78 is 1.15. The fourth-order valence-corrected chi connectivity index (χ4v) is 2.15. The summed E-state index contributed by atoms with van der Waals surface area (Å²) in [6, 6.07) is 10.4. The molecule has 0 radical (unpaired) electrons. The summed E-state index contributed by atoms with van der Waals surface area (Å²) >= 11 is 6.09. The van der Waals surface area contributed by atoms with E-state index in [2.05, 4.69) is 15.1 Å². The summed E-state index contributed by atoms with van der Waals surface area (Å²) in [5.74, 6) is 0.174. The van der Waals surface area contributed by atoms with Crippen LogP contribution in [0.2, 0.25) is 5.15 Å². The van der Waals surface area contributed by atoms with Crippen LogP contribution in [0, 0.1) is 10.1 Å². The van der Waals surface area contributed by atoms with Gasteiger partial charge in [0.15, 0.2) is 5.69 Å². The maximum Gasteiger partial charge on any atom is 0.334 e. The molecule has 3 rings (SSSR count). The van der Waals surface area contributed by atoms with Gasteiger partial charge in [0.25, 0.3) is 5.95 Å². The van der Waals surface area contributed by atoms with Gasteiger partial charge < -0.3 is 0 Å². The largest absolute Gasteiger partial charge is 0.334 e. The molecule has 3 aromatic rings. The highest BCUT2D eigenvalue weighted by atomic mass is 35.5. The minimum atomic E-state index is -0.558. The molecule has 0 fully saturated rings. The van der Waals surface area contributed by atoms with E-state index >= 15 is 0 Å². The summed E-state index contributed by atoms with van der Waals surface area (Å²) in [6.07, 6.45) is 3.02. The maximum absolute atomic E-state index is 11.3. The van der Waals surface area contributed by atoms with Crippen molar-refractivity contribution < 1.29 is 4.92 Å². The summed E-state index contributed by atoms with van der Waals surface area (Å²) in [7, 11) is 0. The standard InChI is InChI=1S/C13H8ClN5O2/c14-12-11(19(20)21)10(9-5-2-1-3-6-9)17-18(12)13-15-7-4-8-16-13/h1-8H. The van der Waals surface area contributed by atoms with E-state index in [1.807, 2.05) is 6.07 Å². The molecule has 1 aromatic carbocycles. The molecule has 0 aliphatic heterocycles. The van der Waals surface area contributed by atoms with Gasteiger partial charge in [0.05, 0.1) is 4.92 Å². The number of halogens is 1. The Labute approximate surface area is 124 Å². The Morgan fingerprint density at radius 2 is 1.76 bits per heavy atom. The molecule has 0 aliphatic rings. The molecular weight excluding hydrogens is 294 g/mol. The van der Waals surface area contributed by atoms with E-state index in [0.29, 0.717) is 5.56 Å². The lowest BCUT2D eigenvalue weighted by Crippen LogP contribution is -2.02. The third-order valence-electron chi connectivity index (χ3n) is 2.78. The van der Waals surface area contributed by atoms with Gasteiger partial charge in [0, 0.05) is 18.0 Å². The molecule has 0 saturated heterocycles. The fraction of sp³-hybridized carbons (Fsp3) is 0. The van der Waals surface area contributed by atoms with Crippen molar-refractivity contribution in [3.05, 3.63) is 64.1 Å². The Balaban J connectivity index is 2.24. The van der Waals surface area contributed by atoms with Crippen molar-refractivity contribution in [1.29, 1.82) is 0 Å². The average Bonchev–Trinajstić information content (AvgIpc) is 2.87. The highest BCUT2D eigenvalue weighted by Gasteiger charge is 2.29. The van der Waals surface area contributed by atoms with Crippen LogP contribution in [0.4, 0.5) is 5.69 Å². The molecule has 0 unspecified atom stereocenters. The van der Waals surface area contributed by atoms with Gasteiger partial charge in [-0.2, -0.15) is 9.78 Å². The van der Waals surface area contributed by atoms with E-state index in [-0.39, 0.29) is 22.5 Å². The Bertz CT molecular complexity index is 789. The van der Waals surface area contributed by atoms with Crippen molar-refractivity contribution in [3.63, 3.8) is 0 Å². The first-order chi connectivity index (χ1) is 10.2. The smallest absolute Gasteiger partial charge is 0.258 e. The molecule has 21 heavy (non-hydrogen) atoms. The molecule has 2 heterocycles. The molecule has 0 atom stereocenters. The normalized spacial score (nSPS) is 10.5. The SMILES string of the molecule is O=[N+]([O-])c1c(-c2ccccc2)nn(-c2ncccn2)c1Cl. The average molecular weight is 302 g/mol. The highest BCUT2D eigenvalue weighted by Crippen LogP contribution is 2.36. The van der Waals surface area contributed by atoms with E-state index in [0.717, 1.165) is 4.68 Å². The molecule has 0 spiro atoms. The van der Waals surface area contributed by atoms with Crippen molar-refractivity contribution in [2.45, 2.75) is 0 Å². The topological polar surface area (TPSA) is 86.7 Å². The third kappa shape index (κ3) is 2.34. The summed E-state index contributed by atoms with van der Waals surface area (Å²) in [5, 5.41) is 15.3. The van der Waals surface area contributed by atoms with Crippen molar-refractivity contribution in [1.82, 2.24) is 19.7 Å². The molecule has 0 amide bonds. The number of hydrogen-bond donors (Lipinski definition) is 0. The molecule has 0 bridgehead atoms. The van der Waals surface area contributed by atoms with Gasteiger partial charge in [-0.15, -0.1) is 0 Å². The van der Waals surface area contributed by atoms with Crippen LogP contribution >= 0.6 is 11.6 Å². The monoisotopic (exact) mass is 301 g/mol. The number of aromatic nitrogens is 4. The van der Waals surface area contributed by atoms with E-state index in [9.17, 15) is 10.1 Å². The van der Waals surface area contributed by atoms with Crippen molar-refractivity contribution in [2.24, 2.45) is 0 Å². The highest BCUT2D eigenvalue weighted by molar-refractivity contribution is 6.32. The predicted octanol–water partition coefficient (Wildman–Crippen LogP) is 2.89. The number of nitrogens with zero attached hydrogens (tertiary/aromatic N) is 5. The lowest BCUT2D eigenvalue weighted by Gasteiger charge is -1.97. The van der Waals surface area contributed by atoms with Crippen molar-refractivity contribution >= 4 is 17.3 Å². The number of nitro groups is 1. The second kappa shape index (κ2) is 5.29. The van der Waals surface area contributed by atoms with E-state index < -0.39 is 4.92 Å². The van der Waals surface area contributed by atoms with Crippen LogP contribution < -0.4 is 0 Å². The van der Waals surface area contributed by atoms with Crippen LogP contribution in [-0.4, -0.2) is 24.7 Å². The third-order valence-corrected chi connectivity index (χ3v) is 3.12. The summed E-state index contributed by atoms with van der Waals surface area (Å²) in [6.45, 7) is 0. The van der Waals surface area contributed by atoms with Gasteiger partial charge in [0.2, 0.25) is 5.15 Å². The molecular formula is C13H8ClN5O2. The minimum absolute atomic E-state index is 0.134. The molecule has 0 saturated carbocycles. The van der Waals surface area contributed by atoms with Gasteiger partial charge in [-0.1, -0.05) is 41.9 Å². The van der Waals surface area contributed by atoms with Crippen molar-refractivity contribution in [3.8, 4) is 17.2 Å². The first kappa shape index (κ1) is 13.2. The predicted molar refractivity (Wildman–Crippen MR) is 76.3 cm³/mol. The molecule has 0 aliphatic carbocycles. The number of benzene rings is 1. The molecule has 2 aromatic heterocycles. The Morgan fingerprint density at radius 3 is 2.38 bits per heavy atom. The van der Waals surface area contributed by atoms with E-state index in [1.165, 1.54) is 12.4 Å². The van der Waals surface area contributed by atoms with Crippen LogP contribution in [-0.2, 0) is 0 Å². The maximum atomic E-state index is 11.3. The molecule has 0 N–H and O–H groups in total. The molecule has 7 nitrogen and oxygen atoms in total. The van der Waals surface area contributed by atoms with Crippen LogP contribution in [0.5, 0.6) is 0 Å². The second-order valence-electron chi connectivity index (χ2n) is 4.07. The van der Waals surface area contributed by atoms with Gasteiger partial charge in [-0.3, -0.25) is 10.1 Å². The zero-order valence-electron chi connectivity index (χ0n) is 10.5. The Hall–Kier alpha value is -2.80. The second-order valence-corrected chi connectivity index (χ2v) is 4.43. The zero-order chi connectivity index (χ0) is 14.8. The van der Waals surface area contributed by atoms with Gasteiger partial charge in [0.1, 0.15) is 0 Å². The van der Waals surface area contributed by atoms with E-state index in [1.54, 1.807) is 30.3 Å². The van der Waals surface area contributed by atoms with Crippen molar-refractivity contribution in [2.75, 3.05) is 0 Å². The van der Waals surface area contributed by atoms with Crippen LogP contribution in [0.25, 0.3) is 17.2 Å². The van der Waals surface area contributed by atoms with Gasteiger partial charge >= 0.3 is 5.69 Å². The zero-order valence-corrected chi connectivity index (χ0v) is 11.3. The molecule has 104 valence electrons. The van der Waals surface area contributed by atoms with Gasteiger partial charge in [-0.25, -0.2) is 9.97 Å². The Kier molecular flexibility index (Phi) is 3.33. The number of rotatable bonds is 3. The quantitative estimate of drug-likeness (QED) is 0.548. The summed E-state index contributed by atoms with van der Waals surface area (Å²) in [4.78, 5) is 18.7. The first-order valence-corrected chi connectivity index (χ1v) is 6.32. The Morgan fingerprint density at radius 1 is 1.10 bits per heavy atom. The van der Waals surface area contributed by atoms with Crippen LogP contribution in [0.1, 0.15) is 0 Å². The van der Waals surface area contributed by atoms with Gasteiger partial charge in [-0.05, 0) is 6.07 Å². The lowest BCUT2D eigenvalue weighted by atomic mass is 10.1. The molecule has 8 heteroatoms. The van der Waals surface area contributed by atoms with Crippen LogP contribution in [0.3, 0.4) is 0 Å². The summed E-state index contributed by atoms with van der Waals surface area (Å²) in [5.41, 5.74) is 0.508. The minimum Gasteiger partial charge on any atom is -0.258 e. The fourth-order valence-electron chi connectivity index (χ4n) is 1.87. The number of hydrogen-bond acceptors (Lipinski definition) is 5.